The fourth-order valence-electron chi connectivity index (χ4n) is 1.32. The first-order chi connectivity index (χ1) is 8.25. The van der Waals surface area contributed by atoms with Crippen molar-refractivity contribution >= 4 is 23.2 Å². The summed E-state index contributed by atoms with van der Waals surface area (Å²) >= 11 is 5.83. The average molecular weight is 266 g/mol. The summed E-state index contributed by atoms with van der Waals surface area (Å²) in [5, 5.41) is 12.0. The summed E-state index contributed by atoms with van der Waals surface area (Å²) in [6, 6.07) is 6.02. The molecule has 0 aromatic heterocycles. The first-order valence-electron chi connectivity index (χ1n) is 5.52. The Labute approximate surface area is 112 Å². The van der Waals surface area contributed by atoms with Crippen LogP contribution in [0.4, 0.5) is 5.69 Å². The number of halogens is 1. The second kappa shape index (κ2) is 5.38. The molecule has 4 nitrogen and oxygen atoms in total. The lowest BCUT2D eigenvalue weighted by molar-refractivity contribution is -0.119. The number of anilines is 1. The third kappa shape index (κ3) is 3.46. The number of carbonyl (C=O) groups is 1. The summed E-state index contributed by atoms with van der Waals surface area (Å²) < 4.78 is 0. The van der Waals surface area contributed by atoms with Gasteiger partial charge in [-0.3, -0.25) is 4.79 Å². The molecule has 1 aromatic carbocycles. The molecule has 1 atom stereocenters. The van der Waals surface area contributed by atoms with Crippen molar-refractivity contribution in [1.29, 1.82) is 5.26 Å². The van der Waals surface area contributed by atoms with Crippen LogP contribution in [0, 0.1) is 16.7 Å². The molecule has 96 valence electrons. The van der Waals surface area contributed by atoms with E-state index in [0.29, 0.717) is 16.3 Å². The molecule has 0 aliphatic carbocycles. The quantitative estimate of drug-likeness (QED) is 0.862. The molecule has 0 saturated carbocycles. The van der Waals surface area contributed by atoms with Gasteiger partial charge in [0.25, 0.3) is 0 Å². The predicted octanol–water partition coefficient (Wildman–Crippen LogP) is 2.52. The van der Waals surface area contributed by atoms with Gasteiger partial charge in [0.15, 0.2) is 0 Å². The van der Waals surface area contributed by atoms with E-state index in [4.69, 9.17) is 22.6 Å². The second-order valence-corrected chi connectivity index (χ2v) is 5.57. The zero-order chi connectivity index (χ0) is 13.9. The number of nitrogens with two attached hydrogens (primary N) is 1. The predicted molar refractivity (Wildman–Crippen MR) is 72.2 cm³/mol. The Morgan fingerprint density at radius 3 is 2.61 bits per heavy atom. The van der Waals surface area contributed by atoms with E-state index in [9.17, 15) is 4.79 Å². The summed E-state index contributed by atoms with van der Waals surface area (Å²) in [5.74, 6) is -0.332. The van der Waals surface area contributed by atoms with Crippen LogP contribution in [-0.4, -0.2) is 11.9 Å². The van der Waals surface area contributed by atoms with Gasteiger partial charge in [-0.05, 0) is 23.6 Å². The van der Waals surface area contributed by atoms with Gasteiger partial charge in [0.2, 0.25) is 5.91 Å². The minimum atomic E-state index is -0.664. The van der Waals surface area contributed by atoms with E-state index in [-0.39, 0.29) is 11.3 Å². The minimum Gasteiger partial charge on any atom is -0.323 e. The number of amides is 1. The summed E-state index contributed by atoms with van der Waals surface area (Å²) in [6.45, 7) is 5.63. The number of rotatable bonds is 2. The van der Waals surface area contributed by atoms with Crippen LogP contribution in [0.15, 0.2) is 18.2 Å². The lowest BCUT2D eigenvalue weighted by Gasteiger charge is -2.26. The smallest absolute Gasteiger partial charge is 0.241 e. The van der Waals surface area contributed by atoms with Crippen LogP contribution in [0.1, 0.15) is 26.3 Å². The van der Waals surface area contributed by atoms with Gasteiger partial charge in [-0.15, -0.1) is 0 Å². The molecule has 1 rings (SSSR count). The fourth-order valence-corrected chi connectivity index (χ4v) is 1.49. The molecule has 18 heavy (non-hydrogen) atoms. The molecule has 0 fully saturated rings. The first kappa shape index (κ1) is 14.5. The number of carbonyl (C=O) groups excluding carboxylic acids is 1. The Morgan fingerprint density at radius 2 is 2.11 bits per heavy atom. The highest BCUT2D eigenvalue weighted by atomic mass is 35.5. The first-order valence-corrected chi connectivity index (χ1v) is 5.89. The highest BCUT2D eigenvalue weighted by molar-refractivity contribution is 6.31. The van der Waals surface area contributed by atoms with Crippen molar-refractivity contribution in [3.05, 3.63) is 28.8 Å². The van der Waals surface area contributed by atoms with Crippen molar-refractivity contribution < 1.29 is 4.79 Å². The van der Waals surface area contributed by atoms with E-state index >= 15 is 0 Å². The number of benzene rings is 1. The maximum atomic E-state index is 11.9. The summed E-state index contributed by atoms with van der Waals surface area (Å²) in [6.07, 6.45) is 0. The minimum absolute atomic E-state index is 0.332. The van der Waals surface area contributed by atoms with Gasteiger partial charge < -0.3 is 11.1 Å². The Morgan fingerprint density at radius 1 is 1.50 bits per heavy atom. The Kier molecular flexibility index (Phi) is 4.33. The molecule has 0 spiro atoms. The van der Waals surface area contributed by atoms with Crippen molar-refractivity contribution in [2.24, 2.45) is 11.1 Å². The topological polar surface area (TPSA) is 78.9 Å². The zero-order valence-electron chi connectivity index (χ0n) is 10.6. The van der Waals surface area contributed by atoms with E-state index in [2.05, 4.69) is 5.32 Å². The summed E-state index contributed by atoms with van der Waals surface area (Å²) in [4.78, 5) is 11.9. The maximum Gasteiger partial charge on any atom is 0.241 e. The van der Waals surface area contributed by atoms with Gasteiger partial charge in [-0.25, -0.2) is 0 Å². The normalized spacial score (nSPS) is 12.7. The number of nitriles is 1. The maximum absolute atomic E-state index is 11.9. The molecule has 0 unspecified atom stereocenters. The summed E-state index contributed by atoms with van der Waals surface area (Å²) in [5.41, 5.74) is 6.23. The largest absolute Gasteiger partial charge is 0.323 e. The van der Waals surface area contributed by atoms with Gasteiger partial charge in [0, 0.05) is 5.02 Å². The van der Waals surface area contributed by atoms with Crippen LogP contribution in [0.3, 0.4) is 0 Å². The van der Waals surface area contributed by atoms with E-state index in [0.717, 1.165) is 0 Å². The van der Waals surface area contributed by atoms with Crippen molar-refractivity contribution in [1.82, 2.24) is 0 Å². The van der Waals surface area contributed by atoms with Crippen LogP contribution in [0.25, 0.3) is 0 Å². The zero-order valence-corrected chi connectivity index (χ0v) is 11.4. The van der Waals surface area contributed by atoms with Crippen LogP contribution in [0.5, 0.6) is 0 Å². The third-order valence-corrected chi connectivity index (χ3v) is 2.81. The van der Waals surface area contributed by atoms with Crippen molar-refractivity contribution in [2.75, 3.05) is 5.32 Å². The van der Waals surface area contributed by atoms with Crippen LogP contribution in [-0.2, 0) is 4.79 Å². The molecule has 1 aromatic rings. The fraction of sp³-hybridized carbons (Fsp3) is 0.385. The van der Waals surface area contributed by atoms with Crippen LogP contribution < -0.4 is 11.1 Å². The van der Waals surface area contributed by atoms with Gasteiger partial charge in [-0.1, -0.05) is 32.4 Å². The molecule has 0 radical (unpaired) electrons. The van der Waals surface area contributed by atoms with E-state index < -0.39 is 6.04 Å². The molecule has 5 heteroatoms. The highest BCUT2D eigenvalue weighted by Crippen LogP contribution is 2.23. The molecule has 0 aliphatic heterocycles. The standard InChI is InChI=1S/C13H16ClN3O/c1-13(2,3)11(16)12(18)17-10-6-9(14)5-4-8(10)7-15/h4-6,11H,16H2,1-3H3,(H,17,18)/t11-/m0/s1. The molecule has 3 N–H and O–H groups in total. The molecule has 0 aliphatic rings. The second-order valence-electron chi connectivity index (χ2n) is 5.13. The van der Waals surface area contributed by atoms with Gasteiger partial charge in [0.1, 0.15) is 6.07 Å². The monoisotopic (exact) mass is 265 g/mol. The lowest BCUT2D eigenvalue weighted by atomic mass is 9.87. The lowest BCUT2D eigenvalue weighted by Crippen LogP contribution is -2.45. The van der Waals surface area contributed by atoms with Crippen molar-refractivity contribution in [3.8, 4) is 6.07 Å². The molecule has 0 bridgehead atoms. The third-order valence-electron chi connectivity index (χ3n) is 2.58. The Hall–Kier alpha value is -1.57. The molecule has 1 amide bonds. The Balaban J connectivity index is 2.96. The molecule has 0 heterocycles. The molecular weight excluding hydrogens is 250 g/mol. The highest BCUT2D eigenvalue weighted by Gasteiger charge is 2.27. The SMILES string of the molecule is CC(C)(C)[C@@H](N)C(=O)Nc1cc(Cl)ccc1C#N. The average Bonchev–Trinajstić information content (AvgIpc) is 2.27. The van der Waals surface area contributed by atoms with Crippen molar-refractivity contribution in [3.63, 3.8) is 0 Å². The number of nitrogens with zero attached hydrogens (tertiary/aromatic N) is 1. The molecule has 0 saturated heterocycles. The van der Waals surface area contributed by atoms with Gasteiger partial charge >= 0.3 is 0 Å². The number of nitrogens with one attached hydrogen (secondary N) is 1. The van der Waals surface area contributed by atoms with E-state index in [1.54, 1.807) is 12.1 Å². The number of hydrogen-bond donors (Lipinski definition) is 2. The van der Waals surface area contributed by atoms with E-state index in [1.807, 2.05) is 26.8 Å². The van der Waals surface area contributed by atoms with Crippen LogP contribution in [0.2, 0.25) is 5.02 Å². The van der Waals surface area contributed by atoms with Gasteiger partial charge in [-0.2, -0.15) is 5.26 Å². The van der Waals surface area contributed by atoms with Crippen molar-refractivity contribution in [2.45, 2.75) is 26.8 Å². The number of hydrogen-bond acceptors (Lipinski definition) is 3. The molecular formula is C13H16ClN3O. The van der Waals surface area contributed by atoms with Crippen LogP contribution >= 0.6 is 11.6 Å². The Bertz CT molecular complexity index is 500. The van der Waals surface area contributed by atoms with Gasteiger partial charge in [0.05, 0.1) is 17.3 Å². The summed E-state index contributed by atoms with van der Waals surface area (Å²) in [7, 11) is 0. The van der Waals surface area contributed by atoms with E-state index in [1.165, 1.54) is 6.07 Å².